The van der Waals surface area contributed by atoms with Crippen LogP contribution in [0.4, 0.5) is 11.4 Å². The molecule has 0 bridgehead atoms. The van der Waals surface area contributed by atoms with E-state index < -0.39 is 17.8 Å². The maximum Gasteiger partial charge on any atom is 0.307 e. The summed E-state index contributed by atoms with van der Waals surface area (Å²) in [5.74, 6) is -2.58. The number of carboxylic acid groups (broad SMARTS) is 1. The van der Waals surface area contributed by atoms with Gasteiger partial charge in [-0.3, -0.25) is 14.4 Å². The minimum absolute atomic E-state index is 0.169. The highest BCUT2D eigenvalue weighted by molar-refractivity contribution is 8.00. The fraction of sp³-hybridized carbons (Fsp3) is 0.261. The zero-order valence-corrected chi connectivity index (χ0v) is 18.5. The van der Waals surface area contributed by atoms with E-state index in [-0.39, 0.29) is 17.6 Å². The van der Waals surface area contributed by atoms with Crippen LogP contribution in [-0.4, -0.2) is 28.6 Å². The summed E-state index contributed by atoms with van der Waals surface area (Å²) in [6, 6.07) is 12.5. The number of carbonyl (C=O) groups is 3. The van der Waals surface area contributed by atoms with Gasteiger partial charge in [-0.15, -0.1) is 11.8 Å². The lowest BCUT2D eigenvalue weighted by molar-refractivity contribution is -0.146. The molecule has 0 radical (unpaired) electrons. The summed E-state index contributed by atoms with van der Waals surface area (Å²) in [4.78, 5) is 37.1. The Labute approximate surface area is 190 Å². The summed E-state index contributed by atoms with van der Waals surface area (Å²) in [6.07, 6.45) is 4.40. The topological polar surface area (TPSA) is 95.5 Å². The molecule has 2 atom stereocenters. The maximum atomic E-state index is 12.6. The molecule has 0 fully saturated rings. The van der Waals surface area contributed by atoms with Crippen molar-refractivity contribution in [3.63, 3.8) is 0 Å². The third kappa shape index (κ3) is 6.35. The van der Waals surface area contributed by atoms with Crippen molar-refractivity contribution in [1.29, 1.82) is 0 Å². The van der Waals surface area contributed by atoms with Crippen molar-refractivity contribution in [1.82, 2.24) is 0 Å². The van der Waals surface area contributed by atoms with Gasteiger partial charge in [0.25, 0.3) is 0 Å². The SMILES string of the molecule is Cc1ccc(NC(=O)CSc2cccc(NC(=O)C3CC=CCC3C(=O)O)c2)cc1Cl. The Morgan fingerprint density at radius 3 is 2.45 bits per heavy atom. The summed E-state index contributed by atoms with van der Waals surface area (Å²) in [5.41, 5.74) is 2.14. The molecule has 0 spiro atoms. The predicted octanol–water partition coefficient (Wildman–Crippen LogP) is 4.98. The molecule has 3 N–H and O–H groups in total. The van der Waals surface area contributed by atoms with Gasteiger partial charge in [0, 0.05) is 21.3 Å². The van der Waals surface area contributed by atoms with Crippen molar-refractivity contribution in [3.8, 4) is 0 Å². The van der Waals surface area contributed by atoms with Crippen LogP contribution in [0.15, 0.2) is 59.5 Å². The molecule has 0 saturated carbocycles. The van der Waals surface area contributed by atoms with Crippen molar-refractivity contribution in [2.45, 2.75) is 24.7 Å². The number of hydrogen-bond acceptors (Lipinski definition) is 4. The van der Waals surface area contributed by atoms with E-state index in [0.29, 0.717) is 29.2 Å². The maximum absolute atomic E-state index is 12.6. The number of anilines is 2. The Kier molecular flexibility index (Phi) is 7.76. The van der Waals surface area contributed by atoms with Gasteiger partial charge >= 0.3 is 5.97 Å². The molecule has 162 valence electrons. The highest BCUT2D eigenvalue weighted by Crippen LogP contribution is 2.28. The minimum Gasteiger partial charge on any atom is -0.481 e. The first kappa shape index (κ1) is 22.9. The predicted molar refractivity (Wildman–Crippen MR) is 124 cm³/mol. The van der Waals surface area contributed by atoms with E-state index in [1.165, 1.54) is 11.8 Å². The van der Waals surface area contributed by atoms with Gasteiger partial charge in [-0.25, -0.2) is 0 Å². The average Bonchev–Trinajstić information content (AvgIpc) is 2.75. The molecule has 0 saturated heterocycles. The molecule has 2 amide bonds. The second kappa shape index (κ2) is 10.5. The summed E-state index contributed by atoms with van der Waals surface area (Å²) >= 11 is 7.42. The van der Waals surface area contributed by atoms with Gasteiger partial charge in [0.05, 0.1) is 17.6 Å². The number of carboxylic acids is 1. The molecule has 31 heavy (non-hydrogen) atoms. The van der Waals surface area contributed by atoms with Crippen LogP contribution < -0.4 is 10.6 Å². The van der Waals surface area contributed by atoms with E-state index in [0.717, 1.165) is 10.5 Å². The Bertz CT molecular complexity index is 1020. The second-order valence-electron chi connectivity index (χ2n) is 7.31. The molecule has 1 aliphatic rings. The largest absolute Gasteiger partial charge is 0.481 e. The van der Waals surface area contributed by atoms with Gasteiger partial charge in [0.15, 0.2) is 0 Å². The number of halogens is 1. The van der Waals surface area contributed by atoms with Gasteiger partial charge in [-0.05, 0) is 55.7 Å². The number of rotatable bonds is 7. The van der Waals surface area contributed by atoms with Crippen LogP contribution in [0.5, 0.6) is 0 Å². The van der Waals surface area contributed by atoms with Crippen LogP contribution in [0.2, 0.25) is 5.02 Å². The standard InChI is InChI=1S/C23H23ClN2O4S/c1-14-9-10-16(12-20(14)24)25-21(27)13-31-17-6-4-5-15(11-17)26-22(28)18-7-2-3-8-19(18)23(29)30/h2-6,9-12,18-19H,7-8,13H2,1H3,(H,25,27)(H,26,28)(H,29,30). The molecule has 0 aliphatic heterocycles. The lowest BCUT2D eigenvalue weighted by atomic mass is 9.82. The van der Waals surface area contributed by atoms with Gasteiger partial charge in [-0.2, -0.15) is 0 Å². The molecule has 2 unspecified atom stereocenters. The summed E-state index contributed by atoms with van der Waals surface area (Å²) in [6.45, 7) is 1.89. The van der Waals surface area contributed by atoms with Crippen LogP contribution in [-0.2, 0) is 14.4 Å². The number of benzene rings is 2. The summed E-state index contributed by atoms with van der Waals surface area (Å²) < 4.78 is 0. The first-order valence-corrected chi connectivity index (χ1v) is 11.2. The molecule has 0 heterocycles. The fourth-order valence-electron chi connectivity index (χ4n) is 3.29. The highest BCUT2D eigenvalue weighted by Gasteiger charge is 2.33. The number of carbonyl (C=O) groups excluding carboxylic acids is 2. The van der Waals surface area contributed by atoms with E-state index in [4.69, 9.17) is 11.6 Å². The molecule has 8 heteroatoms. The smallest absolute Gasteiger partial charge is 0.307 e. The molecule has 3 rings (SSSR count). The number of amides is 2. The molecule has 2 aromatic carbocycles. The molecule has 0 aromatic heterocycles. The van der Waals surface area contributed by atoms with E-state index >= 15 is 0 Å². The van der Waals surface area contributed by atoms with E-state index in [1.54, 1.807) is 36.4 Å². The van der Waals surface area contributed by atoms with Crippen LogP contribution in [0, 0.1) is 18.8 Å². The number of allylic oxidation sites excluding steroid dienone is 2. The van der Waals surface area contributed by atoms with Gasteiger partial charge in [0.2, 0.25) is 11.8 Å². The minimum atomic E-state index is -0.963. The number of aliphatic carboxylic acids is 1. The first-order chi connectivity index (χ1) is 14.8. The lowest BCUT2D eigenvalue weighted by Crippen LogP contribution is -2.34. The molecular formula is C23H23ClN2O4S. The van der Waals surface area contributed by atoms with Crippen molar-refractivity contribution >= 4 is 52.5 Å². The quantitative estimate of drug-likeness (QED) is 0.401. The Morgan fingerprint density at radius 1 is 1.03 bits per heavy atom. The molecular weight excluding hydrogens is 436 g/mol. The average molecular weight is 459 g/mol. The van der Waals surface area contributed by atoms with Crippen LogP contribution >= 0.6 is 23.4 Å². The normalized spacial score (nSPS) is 17.7. The van der Waals surface area contributed by atoms with E-state index in [1.807, 2.05) is 25.1 Å². The Hall–Kier alpha value is -2.77. The number of thioether (sulfide) groups is 1. The Morgan fingerprint density at radius 2 is 1.74 bits per heavy atom. The number of hydrogen-bond donors (Lipinski definition) is 3. The number of nitrogens with one attached hydrogen (secondary N) is 2. The van der Waals surface area contributed by atoms with Crippen LogP contribution in [0.25, 0.3) is 0 Å². The van der Waals surface area contributed by atoms with Crippen molar-refractivity contribution in [2.75, 3.05) is 16.4 Å². The molecule has 2 aromatic rings. The monoisotopic (exact) mass is 458 g/mol. The summed E-state index contributed by atoms with van der Waals surface area (Å²) in [7, 11) is 0. The third-order valence-corrected chi connectivity index (χ3v) is 6.41. The van der Waals surface area contributed by atoms with Crippen molar-refractivity contribution in [3.05, 3.63) is 65.2 Å². The highest BCUT2D eigenvalue weighted by atomic mass is 35.5. The lowest BCUT2D eigenvalue weighted by Gasteiger charge is -2.24. The van der Waals surface area contributed by atoms with Crippen molar-refractivity contribution in [2.24, 2.45) is 11.8 Å². The second-order valence-corrected chi connectivity index (χ2v) is 8.77. The van der Waals surface area contributed by atoms with Crippen LogP contribution in [0.3, 0.4) is 0 Å². The van der Waals surface area contributed by atoms with Gasteiger partial charge in [0.1, 0.15) is 0 Å². The first-order valence-electron chi connectivity index (χ1n) is 9.81. The van der Waals surface area contributed by atoms with E-state index in [9.17, 15) is 19.5 Å². The Balaban J connectivity index is 1.56. The van der Waals surface area contributed by atoms with Gasteiger partial charge < -0.3 is 15.7 Å². The third-order valence-electron chi connectivity index (χ3n) is 5.01. The van der Waals surface area contributed by atoms with E-state index in [2.05, 4.69) is 10.6 Å². The van der Waals surface area contributed by atoms with Gasteiger partial charge in [-0.1, -0.05) is 35.9 Å². The fourth-order valence-corrected chi connectivity index (χ4v) is 4.23. The zero-order chi connectivity index (χ0) is 22.4. The molecule has 6 nitrogen and oxygen atoms in total. The van der Waals surface area contributed by atoms with Crippen molar-refractivity contribution < 1.29 is 19.5 Å². The van der Waals surface area contributed by atoms with Crippen LogP contribution in [0.1, 0.15) is 18.4 Å². The summed E-state index contributed by atoms with van der Waals surface area (Å²) in [5, 5.41) is 15.6. The molecule has 1 aliphatic carbocycles. The zero-order valence-electron chi connectivity index (χ0n) is 16.9. The number of aryl methyl sites for hydroxylation is 1.